The van der Waals surface area contributed by atoms with E-state index in [0.29, 0.717) is 23.7 Å². The average molecular weight is 445 g/mol. The minimum atomic E-state index is -0.545. The first-order valence-corrected chi connectivity index (χ1v) is 11.9. The van der Waals surface area contributed by atoms with Crippen LogP contribution in [0.1, 0.15) is 44.6 Å². The van der Waals surface area contributed by atoms with Crippen molar-refractivity contribution in [3.63, 3.8) is 0 Å². The summed E-state index contributed by atoms with van der Waals surface area (Å²) in [6.07, 6.45) is 4.71. The second-order valence-electron chi connectivity index (χ2n) is 7.69. The Hall–Kier alpha value is -1.98. The molecule has 0 heterocycles. The zero-order valence-corrected chi connectivity index (χ0v) is 18.9. The van der Waals surface area contributed by atoms with Gasteiger partial charge >= 0.3 is 0 Å². The maximum atomic E-state index is 13.1. The van der Waals surface area contributed by atoms with Crippen LogP contribution in [0.25, 0.3) is 0 Å². The minimum Gasteiger partial charge on any atom is -0.352 e. The lowest BCUT2D eigenvalue weighted by Gasteiger charge is -2.30. The molecule has 1 unspecified atom stereocenters. The number of hydrogen-bond donors (Lipinski definition) is 1. The average Bonchev–Trinajstić information content (AvgIpc) is 3.26. The predicted octanol–water partition coefficient (Wildman–Crippen LogP) is 5.30. The molecule has 3 rings (SSSR count). The summed E-state index contributed by atoms with van der Waals surface area (Å²) in [6, 6.07) is 17.2. The van der Waals surface area contributed by atoms with Gasteiger partial charge in [-0.3, -0.25) is 9.59 Å². The van der Waals surface area contributed by atoms with Gasteiger partial charge in [-0.15, -0.1) is 11.8 Å². The van der Waals surface area contributed by atoms with Crippen molar-refractivity contribution in [2.75, 3.05) is 5.75 Å². The molecule has 1 atom stereocenters. The van der Waals surface area contributed by atoms with E-state index in [1.807, 2.05) is 61.5 Å². The molecule has 6 heteroatoms. The summed E-state index contributed by atoms with van der Waals surface area (Å²) in [5.74, 6) is 0.546. The maximum absolute atomic E-state index is 13.1. The lowest BCUT2D eigenvalue weighted by molar-refractivity contribution is -0.140. The van der Waals surface area contributed by atoms with E-state index in [-0.39, 0.29) is 17.9 Å². The zero-order valence-electron chi connectivity index (χ0n) is 17.4. The molecule has 1 aliphatic carbocycles. The number of amides is 2. The van der Waals surface area contributed by atoms with Gasteiger partial charge in [0.15, 0.2) is 0 Å². The summed E-state index contributed by atoms with van der Waals surface area (Å²) in [6.45, 7) is 2.14. The second-order valence-corrected chi connectivity index (χ2v) is 9.27. The fourth-order valence-electron chi connectivity index (χ4n) is 3.70. The van der Waals surface area contributed by atoms with E-state index in [2.05, 4.69) is 5.32 Å². The molecule has 0 bridgehead atoms. The molecule has 1 fully saturated rings. The van der Waals surface area contributed by atoms with Crippen molar-refractivity contribution in [1.29, 1.82) is 0 Å². The Morgan fingerprint density at radius 1 is 1.10 bits per heavy atom. The van der Waals surface area contributed by atoms with E-state index in [4.69, 9.17) is 11.6 Å². The van der Waals surface area contributed by atoms with Gasteiger partial charge < -0.3 is 10.2 Å². The Bertz CT molecular complexity index is 840. The van der Waals surface area contributed by atoms with Crippen molar-refractivity contribution in [3.05, 3.63) is 65.2 Å². The number of thioether (sulfide) groups is 1. The van der Waals surface area contributed by atoms with Crippen molar-refractivity contribution in [2.45, 2.75) is 62.6 Å². The molecular formula is C24H29ClN2O2S. The summed E-state index contributed by atoms with van der Waals surface area (Å²) >= 11 is 7.98. The third kappa shape index (κ3) is 6.51. The van der Waals surface area contributed by atoms with Crippen molar-refractivity contribution in [3.8, 4) is 0 Å². The van der Waals surface area contributed by atoms with Crippen LogP contribution in [0.15, 0.2) is 59.5 Å². The maximum Gasteiger partial charge on any atom is 0.242 e. The molecule has 2 amide bonds. The van der Waals surface area contributed by atoms with Gasteiger partial charge in [0.05, 0.1) is 0 Å². The van der Waals surface area contributed by atoms with Crippen molar-refractivity contribution < 1.29 is 9.59 Å². The van der Waals surface area contributed by atoms with E-state index in [0.717, 1.165) is 36.1 Å². The van der Waals surface area contributed by atoms with Crippen LogP contribution >= 0.6 is 23.4 Å². The van der Waals surface area contributed by atoms with Gasteiger partial charge in [0.25, 0.3) is 0 Å². The molecule has 0 spiro atoms. The zero-order chi connectivity index (χ0) is 21.3. The molecule has 1 aliphatic rings. The molecule has 2 aromatic rings. The van der Waals surface area contributed by atoms with E-state index < -0.39 is 6.04 Å². The highest BCUT2D eigenvalue weighted by Crippen LogP contribution is 2.22. The van der Waals surface area contributed by atoms with Crippen LogP contribution < -0.4 is 5.32 Å². The normalized spacial score (nSPS) is 15.0. The van der Waals surface area contributed by atoms with Crippen LogP contribution in [0, 0.1) is 0 Å². The van der Waals surface area contributed by atoms with Crippen LogP contribution in [0.2, 0.25) is 5.02 Å². The molecule has 4 nitrogen and oxygen atoms in total. The minimum absolute atomic E-state index is 0.0348. The largest absolute Gasteiger partial charge is 0.352 e. The molecule has 1 saturated carbocycles. The van der Waals surface area contributed by atoms with E-state index >= 15 is 0 Å². The van der Waals surface area contributed by atoms with Crippen molar-refractivity contribution in [1.82, 2.24) is 10.2 Å². The Morgan fingerprint density at radius 3 is 2.47 bits per heavy atom. The first-order chi connectivity index (χ1) is 14.5. The van der Waals surface area contributed by atoms with E-state index in [1.54, 1.807) is 16.7 Å². The highest BCUT2D eigenvalue weighted by Gasteiger charge is 2.28. The predicted molar refractivity (Wildman–Crippen MR) is 124 cm³/mol. The molecule has 30 heavy (non-hydrogen) atoms. The molecular weight excluding hydrogens is 416 g/mol. The number of carbonyl (C=O) groups is 2. The summed E-state index contributed by atoms with van der Waals surface area (Å²) in [4.78, 5) is 28.8. The number of carbonyl (C=O) groups excluding carboxylic acids is 2. The monoisotopic (exact) mass is 444 g/mol. The number of hydrogen-bond acceptors (Lipinski definition) is 3. The van der Waals surface area contributed by atoms with Crippen LogP contribution in [-0.4, -0.2) is 34.6 Å². The number of benzene rings is 2. The molecule has 0 radical (unpaired) electrons. The van der Waals surface area contributed by atoms with Gasteiger partial charge in [-0.25, -0.2) is 0 Å². The first kappa shape index (κ1) is 22.7. The Balaban J connectivity index is 1.66. The van der Waals surface area contributed by atoms with E-state index in [1.165, 1.54) is 0 Å². The van der Waals surface area contributed by atoms with Gasteiger partial charge in [-0.2, -0.15) is 0 Å². The van der Waals surface area contributed by atoms with Crippen LogP contribution in [0.3, 0.4) is 0 Å². The number of rotatable bonds is 9. The van der Waals surface area contributed by atoms with Gasteiger partial charge in [0.2, 0.25) is 11.8 Å². The summed E-state index contributed by atoms with van der Waals surface area (Å²) in [5, 5.41) is 3.73. The second kappa shape index (κ2) is 11.4. The van der Waals surface area contributed by atoms with E-state index in [9.17, 15) is 9.59 Å². The van der Waals surface area contributed by atoms with Crippen molar-refractivity contribution in [2.24, 2.45) is 0 Å². The highest BCUT2D eigenvalue weighted by molar-refractivity contribution is 7.99. The van der Waals surface area contributed by atoms with Gasteiger partial charge in [0.1, 0.15) is 6.04 Å². The van der Waals surface area contributed by atoms with Crippen LogP contribution in [0.4, 0.5) is 0 Å². The topological polar surface area (TPSA) is 49.4 Å². The fraction of sp³-hybridized carbons (Fsp3) is 0.417. The lowest BCUT2D eigenvalue weighted by atomic mass is 10.1. The Kier molecular flexibility index (Phi) is 8.64. The third-order valence-electron chi connectivity index (χ3n) is 5.50. The molecule has 0 saturated heterocycles. The summed E-state index contributed by atoms with van der Waals surface area (Å²) in [7, 11) is 0. The lowest BCUT2D eigenvalue weighted by Crippen LogP contribution is -2.49. The fourth-order valence-corrected chi connectivity index (χ4v) is 4.76. The standard InChI is InChI=1S/C24H29ClN2O2S/c1-18(24(29)26-20-10-6-7-11-20)27(17-19-9-5-8-14-22(19)25)23(28)15-16-30-21-12-3-2-4-13-21/h2-5,8-9,12-14,18,20H,6-7,10-11,15-17H2,1H3,(H,26,29). The Labute approximate surface area is 188 Å². The molecule has 2 aromatic carbocycles. The quantitative estimate of drug-likeness (QED) is 0.534. The smallest absolute Gasteiger partial charge is 0.242 e. The van der Waals surface area contributed by atoms with Gasteiger partial charge in [-0.05, 0) is 43.5 Å². The molecule has 0 aliphatic heterocycles. The number of nitrogens with zero attached hydrogens (tertiary/aromatic N) is 1. The molecule has 160 valence electrons. The molecule has 0 aromatic heterocycles. The van der Waals surface area contributed by atoms with Gasteiger partial charge in [-0.1, -0.05) is 60.8 Å². The summed E-state index contributed by atoms with van der Waals surface area (Å²) in [5.41, 5.74) is 0.851. The number of nitrogens with one attached hydrogen (secondary N) is 1. The van der Waals surface area contributed by atoms with Gasteiger partial charge in [0, 0.05) is 34.7 Å². The number of halogens is 1. The highest BCUT2D eigenvalue weighted by atomic mass is 35.5. The van der Waals surface area contributed by atoms with Crippen LogP contribution in [0.5, 0.6) is 0 Å². The third-order valence-corrected chi connectivity index (χ3v) is 6.88. The van der Waals surface area contributed by atoms with Crippen molar-refractivity contribution >= 4 is 35.2 Å². The van der Waals surface area contributed by atoms with Crippen LogP contribution in [-0.2, 0) is 16.1 Å². The Morgan fingerprint density at radius 2 is 1.77 bits per heavy atom. The SMILES string of the molecule is CC(C(=O)NC1CCCC1)N(Cc1ccccc1Cl)C(=O)CCSc1ccccc1. The summed E-state index contributed by atoms with van der Waals surface area (Å²) < 4.78 is 0. The first-order valence-electron chi connectivity index (χ1n) is 10.6. The molecule has 1 N–H and O–H groups in total.